The van der Waals surface area contributed by atoms with Gasteiger partial charge in [0.25, 0.3) is 0 Å². The van der Waals surface area contributed by atoms with Crippen LogP contribution in [-0.2, 0) is 6.54 Å². The van der Waals surface area contributed by atoms with E-state index in [0.717, 1.165) is 5.69 Å². The van der Waals surface area contributed by atoms with Gasteiger partial charge in [-0.25, -0.2) is 0 Å². The van der Waals surface area contributed by atoms with Gasteiger partial charge in [-0.3, -0.25) is 4.68 Å². The van der Waals surface area contributed by atoms with Gasteiger partial charge in [-0.05, 0) is 30.3 Å². The molecule has 0 aliphatic rings. The molecule has 1 unspecified atom stereocenters. The fourth-order valence-corrected chi connectivity index (χ4v) is 2.47. The fourth-order valence-electron chi connectivity index (χ4n) is 2.47. The van der Waals surface area contributed by atoms with Crippen molar-refractivity contribution in [3.8, 4) is 17.2 Å². The second kappa shape index (κ2) is 6.58. The molecule has 3 aromatic rings. The van der Waals surface area contributed by atoms with Crippen molar-refractivity contribution < 1.29 is 14.6 Å². The van der Waals surface area contributed by atoms with Crippen LogP contribution in [0.15, 0.2) is 55.1 Å². The molecule has 3 rings (SSSR count). The second-order valence-electron chi connectivity index (χ2n) is 5.13. The Morgan fingerprint density at radius 2 is 1.96 bits per heavy atom. The van der Waals surface area contributed by atoms with Crippen LogP contribution < -0.4 is 9.47 Å². The Bertz CT molecular complexity index is 765. The molecule has 6 nitrogen and oxygen atoms in total. The Kier molecular flexibility index (Phi) is 4.34. The molecule has 2 heterocycles. The minimum atomic E-state index is -0.752. The van der Waals surface area contributed by atoms with Crippen molar-refractivity contribution in [3.05, 3.63) is 60.7 Å². The number of aliphatic hydroxyl groups is 1. The van der Waals surface area contributed by atoms with Gasteiger partial charge in [0.2, 0.25) is 0 Å². The van der Waals surface area contributed by atoms with Crippen LogP contribution in [0.3, 0.4) is 0 Å². The molecular formula is C17H19N3O3. The second-order valence-corrected chi connectivity index (χ2v) is 5.13. The van der Waals surface area contributed by atoms with E-state index >= 15 is 0 Å². The van der Waals surface area contributed by atoms with Crippen molar-refractivity contribution >= 4 is 0 Å². The van der Waals surface area contributed by atoms with Crippen molar-refractivity contribution in [2.75, 3.05) is 14.2 Å². The van der Waals surface area contributed by atoms with Crippen LogP contribution in [0.4, 0.5) is 0 Å². The number of ether oxygens (including phenoxy) is 2. The summed E-state index contributed by atoms with van der Waals surface area (Å²) >= 11 is 0. The van der Waals surface area contributed by atoms with E-state index in [9.17, 15) is 5.11 Å². The molecule has 0 fully saturated rings. The number of rotatable bonds is 6. The predicted octanol–water partition coefficient (Wildman–Crippen LogP) is 2.42. The molecule has 0 aliphatic carbocycles. The third-order valence-corrected chi connectivity index (χ3v) is 3.68. The van der Waals surface area contributed by atoms with Crippen molar-refractivity contribution in [3.63, 3.8) is 0 Å². The van der Waals surface area contributed by atoms with Gasteiger partial charge in [-0.15, -0.1) is 0 Å². The van der Waals surface area contributed by atoms with Gasteiger partial charge in [-0.2, -0.15) is 5.10 Å². The number of methoxy groups -OCH3 is 2. The first-order chi connectivity index (χ1) is 11.2. The Balaban J connectivity index is 1.80. The van der Waals surface area contributed by atoms with Gasteiger partial charge >= 0.3 is 0 Å². The van der Waals surface area contributed by atoms with E-state index in [1.54, 1.807) is 43.3 Å². The smallest absolute Gasteiger partial charge is 0.125 e. The minimum absolute atomic E-state index is 0.324. The molecule has 1 aromatic carbocycles. The summed E-state index contributed by atoms with van der Waals surface area (Å²) in [5.74, 6) is 1.30. The molecule has 0 spiro atoms. The fraction of sp³-hybridized carbons (Fsp3) is 0.235. The maximum absolute atomic E-state index is 10.5. The average Bonchev–Trinajstić information content (AvgIpc) is 3.25. The maximum atomic E-state index is 10.5. The third kappa shape index (κ3) is 3.22. The number of aliphatic hydroxyl groups excluding tert-OH is 1. The molecule has 1 N–H and O–H groups in total. The van der Waals surface area contributed by atoms with Crippen LogP contribution in [0.1, 0.15) is 11.7 Å². The summed E-state index contributed by atoms with van der Waals surface area (Å²) < 4.78 is 14.2. The highest BCUT2D eigenvalue weighted by Gasteiger charge is 2.16. The van der Waals surface area contributed by atoms with E-state index < -0.39 is 6.10 Å². The quantitative estimate of drug-likeness (QED) is 0.759. The van der Waals surface area contributed by atoms with Crippen LogP contribution in [0.25, 0.3) is 5.69 Å². The van der Waals surface area contributed by atoms with E-state index in [2.05, 4.69) is 5.10 Å². The van der Waals surface area contributed by atoms with E-state index in [4.69, 9.17) is 9.47 Å². The summed E-state index contributed by atoms with van der Waals surface area (Å²) in [6.07, 6.45) is 6.79. The zero-order valence-electron chi connectivity index (χ0n) is 13.1. The summed E-state index contributed by atoms with van der Waals surface area (Å²) in [6.45, 7) is 0.324. The lowest BCUT2D eigenvalue weighted by molar-refractivity contribution is 0.147. The highest BCUT2D eigenvalue weighted by Crippen LogP contribution is 2.30. The average molecular weight is 313 g/mol. The standard InChI is InChI=1S/C17H19N3O3/c1-22-14-5-6-17(23-2)15(9-14)16(21)12-20-11-13(10-18-20)19-7-3-4-8-19/h3-11,16,21H,12H2,1-2H3. The van der Waals surface area contributed by atoms with Crippen LogP contribution in [0, 0.1) is 0 Å². The lowest BCUT2D eigenvalue weighted by Crippen LogP contribution is -2.10. The van der Waals surface area contributed by atoms with Crippen LogP contribution in [0.5, 0.6) is 11.5 Å². The zero-order valence-corrected chi connectivity index (χ0v) is 13.1. The van der Waals surface area contributed by atoms with Gasteiger partial charge in [0, 0.05) is 24.2 Å². The van der Waals surface area contributed by atoms with Crippen LogP contribution >= 0.6 is 0 Å². The molecular weight excluding hydrogens is 294 g/mol. The topological polar surface area (TPSA) is 61.4 Å². The molecule has 0 radical (unpaired) electrons. The molecule has 0 aliphatic heterocycles. The summed E-state index contributed by atoms with van der Waals surface area (Å²) in [5, 5.41) is 14.8. The van der Waals surface area contributed by atoms with E-state index in [0.29, 0.717) is 23.6 Å². The summed E-state index contributed by atoms with van der Waals surface area (Å²) in [6, 6.07) is 9.26. The Labute approximate surface area is 134 Å². The van der Waals surface area contributed by atoms with E-state index in [1.807, 2.05) is 35.3 Å². The van der Waals surface area contributed by atoms with E-state index in [1.165, 1.54) is 0 Å². The van der Waals surface area contributed by atoms with Crippen LogP contribution in [0.2, 0.25) is 0 Å². The SMILES string of the molecule is COc1ccc(OC)c(C(O)Cn2cc(-n3cccc3)cn2)c1. The lowest BCUT2D eigenvalue weighted by atomic mass is 10.1. The van der Waals surface area contributed by atoms with Crippen molar-refractivity contribution in [1.82, 2.24) is 14.3 Å². The molecule has 0 bridgehead atoms. The summed E-state index contributed by atoms with van der Waals surface area (Å²) in [7, 11) is 3.17. The van der Waals surface area contributed by atoms with E-state index in [-0.39, 0.29) is 0 Å². The monoisotopic (exact) mass is 313 g/mol. The number of nitrogens with zero attached hydrogens (tertiary/aromatic N) is 3. The van der Waals surface area contributed by atoms with Crippen molar-refractivity contribution in [2.45, 2.75) is 12.6 Å². The number of aromatic nitrogens is 3. The normalized spacial score (nSPS) is 12.1. The van der Waals surface area contributed by atoms with Gasteiger partial charge in [0.1, 0.15) is 17.6 Å². The van der Waals surface area contributed by atoms with Crippen molar-refractivity contribution in [1.29, 1.82) is 0 Å². The van der Waals surface area contributed by atoms with Gasteiger partial charge in [0.15, 0.2) is 0 Å². The molecule has 1 atom stereocenters. The minimum Gasteiger partial charge on any atom is -0.497 e. The first-order valence-electron chi connectivity index (χ1n) is 7.27. The zero-order chi connectivity index (χ0) is 16.2. The molecule has 6 heteroatoms. The van der Waals surface area contributed by atoms with Crippen LogP contribution in [-0.4, -0.2) is 33.7 Å². The highest BCUT2D eigenvalue weighted by atomic mass is 16.5. The highest BCUT2D eigenvalue weighted by molar-refractivity contribution is 5.41. The largest absolute Gasteiger partial charge is 0.497 e. The molecule has 2 aromatic heterocycles. The first kappa shape index (κ1) is 15.2. The first-order valence-corrected chi connectivity index (χ1v) is 7.27. The molecule has 0 saturated carbocycles. The van der Waals surface area contributed by atoms with Crippen molar-refractivity contribution in [2.24, 2.45) is 0 Å². The number of hydrogen-bond acceptors (Lipinski definition) is 4. The summed E-state index contributed by atoms with van der Waals surface area (Å²) in [5.41, 5.74) is 1.62. The maximum Gasteiger partial charge on any atom is 0.125 e. The molecule has 23 heavy (non-hydrogen) atoms. The Morgan fingerprint density at radius 3 is 2.65 bits per heavy atom. The summed E-state index contributed by atoms with van der Waals surface area (Å²) in [4.78, 5) is 0. The molecule has 0 amide bonds. The molecule has 120 valence electrons. The third-order valence-electron chi connectivity index (χ3n) is 3.68. The number of benzene rings is 1. The molecule has 0 saturated heterocycles. The van der Waals surface area contributed by atoms with Gasteiger partial charge < -0.3 is 19.1 Å². The van der Waals surface area contributed by atoms with Gasteiger partial charge in [-0.1, -0.05) is 0 Å². The Morgan fingerprint density at radius 1 is 1.17 bits per heavy atom. The lowest BCUT2D eigenvalue weighted by Gasteiger charge is -2.16. The number of hydrogen-bond donors (Lipinski definition) is 1. The predicted molar refractivity (Wildman–Crippen MR) is 86.1 cm³/mol. The Hall–Kier alpha value is -2.73. The van der Waals surface area contributed by atoms with Gasteiger partial charge in [0.05, 0.1) is 32.6 Å².